The number of fused-ring (bicyclic) bond motifs is 1. The quantitative estimate of drug-likeness (QED) is 0.784. The van der Waals surface area contributed by atoms with Crippen molar-refractivity contribution in [1.82, 2.24) is 5.32 Å². The van der Waals surface area contributed by atoms with Gasteiger partial charge in [0.15, 0.2) is 0 Å². The van der Waals surface area contributed by atoms with Crippen LogP contribution in [0.5, 0.6) is 0 Å². The van der Waals surface area contributed by atoms with Gasteiger partial charge in [0.2, 0.25) is 0 Å². The van der Waals surface area contributed by atoms with Crippen LogP contribution in [0.4, 0.5) is 0 Å². The zero-order valence-corrected chi connectivity index (χ0v) is 9.24. The Morgan fingerprint density at radius 2 is 2.13 bits per heavy atom. The molecule has 2 N–H and O–H groups in total. The van der Waals surface area contributed by atoms with E-state index >= 15 is 0 Å². The van der Waals surface area contributed by atoms with Crippen LogP contribution in [-0.2, 0) is 12.8 Å². The van der Waals surface area contributed by atoms with Crippen molar-refractivity contribution in [2.45, 2.75) is 38.3 Å². The Morgan fingerprint density at radius 3 is 2.87 bits per heavy atom. The molecule has 0 saturated heterocycles. The van der Waals surface area contributed by atoms with Crippen molar-refractivity contribution < 1.29 is 5.11 Å². The van der Waals surface area contributed by atoms with Crippen LogP contribution in [0.25, 0.3) is 0 Å². The normalized spacial score (nSPS) is 22.1. The second-order valence-corrected chi connectivity index (χ2v) is 4.46. The molecular weight excluding hydrogens is 186 g/mol. The van der Waals surface area contributed by atoms with Gasteiger partial charge < -0.3 is 10.4 Å². The van der Waals surface area contributed by atoms with Gasteiger partial charge in [-0.1, -0.05) is 24.3 Å². The summed E-state index contributed by atoms with van der Waals surface area (Å²) in [4.78, 5) is 0. The highest BCUT2D eigenvalue weighted by Crippen LogP contribution is 2.21. The van der Waals surface area contributed by atoms with E-state index in [2.05, 4.69) is 29.6 Å². The maximum absolute atomic E-state index is 9.00. The van der Waals surface area contributed by atoms with E-state index in [1.807, 2.05) is 6.92 Å². The Morgan fingerprint density at radius 1 is 1.40 bits per heavy atom. The van der Waals surface area contributed by atoms with Crippen LogP contribution < -0.4 is 5.32 Å². The summed E-state index contributed by atoms with van der Waals surface area (Å²) < 4.78 is 0. The monoisotopic (exact) mass is 205 g/mol. The zero-order valence-electron chi connectivity index (χ0n) is 9.24. The van der Waals surface area contributed by atoms with Gasteiger partial charge in [0, 0.05) is 12.1 Å². The van der Waals surface area contributed by atoms with Crippen LogP contribution in [0.3, 0.4) is 0 Å². The Bertz CT molecular complexity index is 324. The predicted octanol–water partition coefficient (Wildman–Crippen LogP) is 1.51. The molecule has 82 valence electrons. The molecule has 0 unspecified atom stereocenters. The molecule has 2 rings (SSSR count). The van der Waals surface area contributed by atoms with Gasteiger partial charge in [0.1, 0.15) is 0 Å². The molecular formula is C13H19NO. The molecule has 15 heavy (non-hydrogen) atoms. The second-order valence-electron chi connectivity index (χ2n) is 4.46. The van der Waals surface area contributed by atoms with Gasteiger partial charge in [-0.15, -0.1) is 0 Å². The molecule has 0 bridgehead atoms. The van der Waals surface area contributed by atoms with E-state index < -0.39 is 0 Å². The van der Waals surface area contributed by atoms with Crippen molar-refractivity contribution >= 4 is 0 Å². The van der Waals surface area contributed by atoms with Crippen molar-refractivity contribution in [3.05, 3.63) is 35.4 Å². The van der Waals surface area contributed by atoms with Gasteiger partial charge in [-0.05, 0) is 37.3 Å². The number of hydrogen-bond donors (Lipinski definition) is 2. The molecule has 2 atom stereocenters. The van der Waals surface area contributed by atoms with E-state index in [4.69, 9.17) is 5.11 Å². The summed E-state index contributed by atoms with van der Waals surface area (Å²) in [5.74, 6) is 0. The van der Waals surface area contributed by atoms with Gasteiger partial charge in [-0.2, -0.15) is 0 Å². The lowest BCUT2D eigenvalue weighted by molar-refractivity contribution is 0.236. The van der Waals surface area contributed by atoms with Crippen LogP contribution in [0.1, 0.15) is 24.5 Å². The summed E-state index contributed by atoms with van der Waals surface area (Å²) in [6.45, 7) is 2.25. The fourth-order valence-electron chi connectivity index (χ4n) is 2.30. The first kappa shape index (κ1) is 10.7. The molecule has 0 spiro atoms. The number of nitrogens with one attached hydrogen (secondary N) is 1. The third kappa shape index (κ3) is 2.58. The van der Waals surface area contributed by atoms with Crippen LogP contribution in [0, 0.1) is 0 Å². The Balaban J connectivity index is 1.99. The van der Waals surface area contributed by atoms with E-state index in [1.165, 1.54) is 17.5 Å². The molecule has 0 radical (unpaired) electrons. The molecule has 0 heterocycles. The van der Waals surface area contributed by atoms with E-state index in [0.717, 1.165) is 12.8 Å². The molecule has 2 nitrogen and oxygen atoms in total. The van der Waals surface area contributed by atoms with Crippen molar-refractivity contribution in [2.75, 3.05) is 6.61 Å². The molecule has 0 aliphatic heterocycles. The first-order chi connectivity index (χ1) is 7.29. The first-order valence-corrected chi connectivity index (χ1v) is 5.73. The number of aliphatic hydroxyl groups excluding tert-OH is 1. The fraction of sp³-hybridized carbons (Fsp3) is 0.538. The molecule has 0 saturated carbocycles. The average molecular weight is 205 g/mol. The molecule has 0 aromatic heterocycles. The SMILES string of the molecule is C[C@H](CO)N[C@@H]1CCc2ccccc2C1. The van der Waals surface area contributed by atoms with Gasteiger partial charge in [0.05, 0.1) is 6.61 Å². The fourth-order valence-corrected chi connectivity index (χ4v) is 2.30. The van der Waals surface area contributed by atoms with Crippen molar-refractivity contribution in [3.63, 3.8) is 0 Å². The van der Waals surface area contributed by atoms with Crippen LogP contribution in [0.2, 0.25) is 0 Å². The summed E-state index contributed by atoms with van der Waals surface area (Å²) in [5, 5.41) is 12.5. The predicted molar refractivity (Wildman–Crippen MR) is 61.9 cm³/mol. The summed E-state index contributed by atoms with van der Waals surface area (Å²) in [6, 6.07) is 9.40. The lowest BCUT2D eigenvalue weighted by Gasteiger charge is -2.27. The molecule has 0 fully saturated rings. The molecule has 1 aromatic carbocycles. The summed E-state index contributed by atoms with van der Waals surface area (Å²) >= 11 is 0. The number of benzene rings is 1. The molecule has 0 amide bonds. The Labute approximate surface area is 91.3 Å². The Kier molecular flexibility index (Phi) is 3.39. The minimum Gasteiger partial charge on any atom is -0.395 e. The van der Waals surface area contributed by atoms with Crippen molar-refractivity contribution in [1.29, 1.82) is 0 Å². The zero-order chi connectivity index (χ0) is 10.7. The number of aryl methyl sites for hydroxylation is 1. The summed E-state index contributed by atoms with van der Waals surface area (Å²) in [5.41, 5.74) is 2.96. The van der Waals surface area contributed by atoms with Gasteiger partial charge in [-0.25, -0.2) is 0 Å². The molecule has 1 aliphatic rings. The van der Waals surface area contributed by atoms with Gasteiger partial charge in [-0.3, -0.25) is 0 Å². The molecule has 1 aromatic rings. The highest BCUT2D eigenvalue weighted by molar-refractivity contribution is 5.30. The van der Waals surface area contributed by atoms with Gasteiger partial charge >= 0.3 is 0 Å². The molecule has 2 heteroatoms. The first-order valence-electron chi connectivity index (χ1n) is 5.73. The minimum atomic E-state index is 0.209. The van der Waals surface area contributed by atoms with Crippen molar-refractivity contribution in [3.8, 4) is 0 Å². The van der Waals surface area contributed by atoms with E-state index in [0.29, 0.717) is 6.04 Å². The maximum Gasteiger partial charge on any atom is 0.0582 e. The summed E-state index contributed by atoms with van der Waals surface area (Å²) in [6.07, 6.45) is 3.44. The minimum absolute atomic E-state index is 0.209. The van der Waals surface area contributed by atoms with Crippen LogP contribution >= 0.6 is 0 Å². The number of hydrogen-bond acceptors (Lipinski definition) is 2. The largest absolute Gasteiger partial charge is 0.395 e. The third-order valence-electron chi connectivity index (χ3n) is 3.14. The van der Waals surface area contributed by atoms with E-state index in [1.54, 1.807) is 0 Å². The number of rotatable bonds is 3. The second kappa shape index (κ2) is 4.77. The summed E-state index contributed by atoms with van der Waals surface area (Å²) in [7, 11) is 0. The third-order valence-corrected chi connectivity index (χ3v) is 3.14. The topological polar surface area (TPSA) is 32.3 Å². The standard InChI is InChI=1S/C13H19NO/c1-10(9-15)14-13-7-6-11-4-2-3-5-12(11)8-13/h2-5,10,13-15H,6-9H2,1H3/t10-,13-/m1/s1. The van der Waals surface area contributed by atoms with Gasteiger partial charge in [0.25, 0.3) is 0 Å². The average Bonchev–Trinajstić information content (AvgIpc) is 2.29. The van der Waals surface area contributed by atoms with E-state index in [9.17, 15) is 0 Å². The lowest BCUT2D eigenvalue weighted by atomic mass is 9.88. The lowest BCUT2D eigenvalue weighted by Crippen LogP contribution is -2.41. The smallest absolute Gasteiger partial charge is 0.0582 e. The van der Waals surface area contributed by atoms with Crippen molar-refractivity contribution in [2.24, 2.45) is 0 Å². The maximum atomic E-state index is 9.00. The Hall–Kier alpha value is -0.860. The highest BCUT2D eigenvalue weighted by atomic mass is 16.3. The highest BCUT2D eigenvalue weighted by Gasteiger charge is 2.18. The van der Waals surface area contributed by atoms with Crippen LogP contribution in [-0.4, -0.2) is 23.8 Å². The van der Waals surface area contributed by atoms with Crippen LogP contribution in [0.15, 0.2) is 24.3 Å². The number of aliphatic hydroxyl groups is 1. The van der Waals surface area contributed by atoms with E-state index in [-0.39, 0.29) is 12.6 Å². The molecule has 1 aliphatic carbocycles.